The van der Waals surface area contributed by atoms with Gasteiger partial charge in [-0.25, -0.2) is 0 Å². The molecule has 3 nitrogen and oxygen atoms in total. The van der Waals surface area contributed by atoms with E-state index < -0.39 is 5.97 Å². The molecule has 1 spiro atoms. The van der Waals surface area contributed by atoms with E-state index in [2.05, 4.69) is 29.2 Å². The van der Waals surface area contributed by atoms with E-state index in [4.69, 9.17) is 5.11 Å². The van der Waals surface area contributed by atoms with Crippen LogP contribution in [0, 0.1) is 11.3 Å². The van der Waals surface area contributed by atoms with Crippen molar-refractivity contribution in [2.45, 2.75) is 19.4 Å². The lowest BCUT2D eigenvalue weighted by atomic mass is 9.92. The number of aliphatic carboxylic acids is 1. The maximum Gasteiger partial charge on any atom is 0.303 e. The summed E-state index contributed by atoms with van der Waals surface area (Å²) in [7, 11) is 0. The van der Waals surface area contributed by atoms with Gasteiger partial charge in [-0.1, -0.05) is 30.3 Å². The van der Waals surface area contributed by atoms with Crippen LogP contribution in [0.5, 0.6) is 0 Å². The number of likely N-dealkylation sites (tertiary alicyclic amines) is 1. The number of carboxylic acids is 1. The molecule has 1 aliphatic heterocycles. The highest BCUT2D eigenvalue weighted by atomic mass is 16.4. The van der Waals surface area contributed by atoms with Crippen LogP contribution in [-0.4, -0.2) is 29.1 Å². The molecule has 1 unspecified atom stereocenters. The minimum atomic E-state index is -0.645. The average molecular weight is 231 g/mol. The van der Waals surface area contributed by atoms with Crippen molar-refractivity contribution >= 4 is 5.97 Å². The molecule has 0 bridgehead atoms. The Morgan fingerprint density at radius 1 is 1.35 bits per heavy atom. The molecule has 1 N–H and O–H groups in total. The zero-order valence-corrected chi connectivity index (χ0v) is 9.80. The van der Waals surface area contributed by atoms with Crippen molar-refractivity contribution in [2.75, 3.05) is 13.1 Å². The minimum absolute atomic E-state index is 0.360. The number of nitrogens with zero attached hydrogens (tertiary/aromatic N) is 1. The molecule has 3 rings (SSSR count). The average Bonchev–Trinajstić information content (AvgIpc) is 2.92. The summed E-state index contributed by atoms with van der Waals surface area (Å²) in [5.41, 5.74) is 1.71. The number of carbonyl (C=O) groups is 1. The number of hydrogen-bond acceptors (Lipinski definition) is 2. The molecule has 2 aliphatic rings. The molecule has 0 aromatic heterocycles. The summed E-state index contributed by atoms with van der Waals surface area (Å²) >= 11 is 0. The molecule has 1 heterocycles. The van der Waals surface area contributed by atoms with E-state index >= 15 is 0 Å². The van der Waals surface area contributed by atoms with Crippen LogP contribution in [0.4, 0.5) is 0 Å². The number of benzene rings is 1. The molecule has 2 fully saturated rings. The lowest BCUT2D eigenvalue weighted by molar-refractivity contribution is -0.137. The summed E-state index contributed by atoms with van der Waals surface area (Å²) in [6.07, 6.45) is 1.48. The first-order valence-electron chi connectivity index (χ1n) is 6.16. The molecule has 90 valence electrons. The van der Waals surface area contributed by atoms with Gasteiger partial charge in [0.2, 0.25) is 0 Å². The highest BCUT2D eigenvalue weighted by molar-refractivity contribution is 5.67. The molecular weight excluding hydrogens is 214 g/mol. The molecular formula is C14H17NO2. The van der Waals surface area contributed by atoms with Gasteiger partial charge in [-0.3, -0.25) is 9.69 Å². The number of carboxylic acid groups (broad SMARTS) is 1. The summed E-state index contributed by atoms with van der Waals surface area (Å²) in [5, 5.41) is 8.76. The molecule has 1 aromatic carbocycles. The Kier molecular flexibility index (Phi) is 2.44. The lowest BCUT2D eigenvalue weighted by Crippen LogP contribution is -2.48. The first-order valence-corrected chi connectivity index (χ1v) is 6.16. The van der Waals surface area contributed by atoms with Crippen LogP contribution in [0.2, 0.25) is 0 Å². The van der Waals surface area contributed by atoms with E-state index in [1.165, 1.54) is 5.56 Å². The Morgan fingerprint density at radius 3 is 2.71 bits per heavy atom. The zero-order chi connectivity index (χ0) is 11.9. The van der Waals surface area contributed by atoms with Crippen LogP contribution in [0.1, 0.15) is 18.4 Å². The van der Waals surface area contributed by atoms with E-state index in [0.29, 0.717) is 17.8 Å². The predicted octanol–water partition coefficient (Wildman–Crippen LogP) is 1.98. The fourth-order valence-electron chi connectivity index (χ4n) is 3.12. The molecule has 3 heteroatoms. The van der Waals surface area contributed by atoms with E-state index in [9.17, 15) is 4.79 Å². The van der Waals surface area contributed by atoms with Gasteiger partial charge >= 0.3 is 5.97 Å². The fourth-order valence-corrected chi connectivity index (χ4v) is 3.12. The van der Waals surface area contributed by atoms with Crippen LogP contribution in [0.15, 0.2) is 30.3 Å². The second-order valence-corrected chi connectivity index (χ2v) is 5.49. The van der Waals surface area contributed by atoms with Gasteiger partial charge in [0, 0.05) is 26.1 Å². The van der Waals surface area contributed by atoms with Crippen molar-refractivity contribution < 1.29 is 9.90 Å². The molecule has 1 atom stereocenters. The Morgan fingerprint density at radius 2 is 2.06 bits per heavy atom. The predicted molar refractivity (Wildman–Crippen MR) is 64.5 cm³/mol. The molecule has 0 radical (unpaired) electrons. The van der Waals surface area contributed by atoms with Crippen molar-refractivity contribution in [2.24, 2.45) is 11.3 Å². The first kappa shape index (κ1) is 10.8. The third-order valence-electron chi connectivity index (χ3n) is 4.11. The van der Waals surface area contributed by atoms with Gasteiger partial charge in [0.05, 0.1) is 0 Å². The van der Waals surface area contributed by atoms with Gasteiger partial charge in [-0.05, 0) is 23.3 Å². The Balaban J connectivity index is 1.48. The molecule has 0 amide bonds. The second-order valence-electron chi connectivity index (χ2n) is 5.49. The smallest absolute Gasteiger partial charge is 0.303 e. The molecule has 17 heavy (non-hydrogen) atoms. The van der Waals surface area contributed by atoms with E-state index in [0.717, 1.165) is 26.1 Å². The summed E-state index contributed by atoms with van der Waals surface area (Å²) < 4.78 is 0. The lowest BCUT2D eigenvalue weighted by Gasteiger charge is -2.41. The van der Waals surface area contributed by atoms with E-state index in [-0.39, 0.29) is 0 Å². The minimum Gasteiger partial charge on any atom is -0.481 e. The van der Waals surface area contributed by atoms with Crippen LogP contribution in [-0.2, 0) is 11.3 Å². The van der Waals surface area contributed by atoms with Crippen molar-refractivity contribution in [1.82, 2.24) is 4.90 Å². The standard InChI is InChI=1S/C14H17NO2/c16-13(17)6-12-7-14(12)9-15(10-14)8-11-4-2-1-3-5-11/h1-5,12H,6-10H2,(H,16,17). The van der Waals surface area contributed by atoms with E-state index in [1.54, 1.807) is 0 Å². The van der Waals surface area contributed by atoms with Crippen LogP contribution in [0.3, 0.4) is 0 Å². The van der Waals surface area contributed by atoms with Crippen LogP contribution in [0.25, 0.3) is 0 Å². The summed E-state index contributed by atoms with van der Waals surface area (Å²) in [5.74, 6) is -0.208. The van der Waals surface area contributed by atoms with Gasteiger partial charge in [0.15, 0.2) is 0 Å². The van der Waals surface area contributed by atoms with Crippen molar-refractivity contribution in [3.8, 4) is 0 Å². The Bertz CT molecular complexity index is 423. The van der Waals surface area contributed by atoms with E-state index in [1.807, 2.05) is 6.07 Å². The third-order valence-corrected chi connectivity index (χ3v) is 4.11. The summed E-state index contributed by atoms with van der Waals surface area (Å²) in [6.45, 7) is 3.17. The summed E-state index contributed by atoms with van der Waals surface area (Å²) in [6, 6.07) is 10.5. The number of rotatable bonds is 4. The molecule has 1 saturated heterocycles. The second kappa shape index (κ2) is 3.84. The fraction of sp³-hybridized carbons (Fsp3) is 0.500. The Hall–Kier alpha value is -1.35. The first-order chi connectivity index (χ1) is 8.18. The highest BCUT2D eigenvalue weighted by Crippen LogP contribution is 2.60. The SMILES string of the molecule is O=C(O)CC1CC12CN(Cc1ccccc1)C2. The normalized spacial score (nSPS) is 25.5. The maximum atomic E-state index is 10.6. The van der Waals surface area contributed by atoms with Gasteiger partial charge in [-0.15, -0.1) is 0 Å². The third kappa shape index (κ3) is 2.07. The van der Waals surface area contributed by atoms with Crippen LogP contribution < -0.4 is 0 Å². The molecule has 1 aromatic rings. The largest absolute Gasteiger partial charge is 0.481 e. The van der Waals surface area contributed by atoms with Crippen LogP contribution >= 0.6 is 0 Å². The zero-order valence-electron chi connectivity index (χ0n) is 9.80. The number of hydrogen-bond donors (Lipinski definition) is 1. The van der Waals surface area contributed by atoms with Crippen molar-refractivity contribution in [3.05, 3.63) is 35.9 Å². The van der Waals surface area contributed by atoms with Gasteiger partial charge in [-0.2, -0.15) is 0 Å². The topological polar surface area (TPSA) is 40.5 Å². The van der Waals surface area contributed by atoms with Crippen molar-refractivity contribution in [3.63, 3.8) is 0 Å². The summed E-state index contributed by atoms with van der Waals surface area (Å²) in [4.78, 5) is 13.1. The van der Waals surface area contributed by atoms with Gasteiger partial charge < -0.3 is 5.11 Å². The molecule has 1 aliphatic carbocycles. The highest BCUT2D eigenvalue weighted by Gasteiger charge is 2.61. The van der Waals surface area contributed by atoms with Crippen molar-refractivity contribution in [1.29, 1.82) is 0 Å². The van der Waals surface area contributed by atoms with Gasteiger partial charge in [0.25, 0.3) is 0 Å². The molecule has 1 saturated carbocycles. The Labute approximate surface area is 101 Å². The van der Waals surface area contributed by atoms with Gasteiger partial charge in [0.1, 0.15) is 0 Å². The maximum absolute atomic E-state index is 10.6. The monoisotopic (exact) mass is 231 g/mol. The quantitative estimate of drug-likeness (QED) is 0.861.